The Bertz CT molecular complexity index is 1670. The Balaban J connectivity index is 1.28. The fraction of sp³-hybridized carbons (Fsp3) is 0.545. The fourth-order valence-electron chi connectivity index (χ4n) is 8.85. The van der Waals surface area contributed by atoms with Crippen LogP contribution in [-0.4, -0.2) is 33.5 Å². The number of aromatic amines is 1. The highest BCUT2D eigenvalue weighted by molar-refractivity contribution is 6.31. The largest absolute Gasteiger partial charge is 0.434 e. The Morgan fingerprint density at radius 2 is 1.86 bits per heavy atom. The topological polar surface area (TPSA) is 127 Å². The van der Waals surface area contributed by atoms with Gasteiger partial charge in [-0.05, 0) is 97.1 Å². The van der Waals surface area contributed by atoms with E-state index in [0.717, 1.165) is 48.9 Å². The number of rotatable bonds is 5. The van der Waals surface area contributed by atoms with Crippen molar-refractivity contribution in [3.8, 4) is 0 Å². The molecule has 1 saturated heterocycles. The smallest absolute Gasteiger partial charge is 0.390 e. The zero-order chi connectivity index (χ0) is 30.9. The molecule has 2 aliphatic heterocycles. The van der Waals surface area contributed by atoms with E-state index in [1.165, 1.54) is 0 Å². The summed E-state index contributed by atoms with van der Waals surface area (Å²) in [6.45, 7) is 4.94. The molecule has 44 heavy (non-hydrogen) atoms. The summed E-state index contributed by atoms with van der Waals surface area (Å²) >= 11 is 12.9. The van der Waals surface area contributed by atoms with Crippen LogP contribution in [0.1, 0.15) is 94.3 Å². The highest BCUT2D eigenvalue weighted by Gasteiger charge is 2.72. The zero-order valence-corrected chi connectivity index (χ0v) is 26.3. The maximum Gasteiger partial charge on any atom is 0.434 e. The summed E-state index contributed by atoms with van der Waals surface area (Å²) < 4.78 is 11.1. The van der Waals surface area contributed by atoms with Gasteiger partial charge < -0.3 is 14.5 Å². The van der Waals surface area contributed by atoms with E-state index in [2.05, 4.69) is 34.3 Å². The summed E-state index contributed by atoms with van der Waals surface area (Å²) in [7, 11) is 0. The van der Waals surface area contributed by atoms with E-state index in [1.54, 1.807) is 6.20 Å². The van der Waals surface area contributed by atoms with Gasteiger partial charge in [0.15, 0.2) is 0 Å². The van der Waals surface area contributed by atoms with Crippen LogP contribution in [-0.2, 0) is 19.7 Å². The summed E-state index contributed by atoms with van der Waals surface area (Å²) in [6.07, 6.45) is 7.17. The molecule has 2 aromatic heterocycles. The first-order valence-electron chi connectivity index (χ1n) is 15.4. The van der Waals surface area contributed by atoms with Gasteiger partial charge >= 0.3 is 5.76 Å². The summed E-state index contributed by atoms with van der Waals surface area (Å²) in [5.74, 6) is -1.12. The van der Waals surface area contributed by atoms with Crippen molar-refractivity contribution < 1.29 is 18.7 Å². The lowest BCUT2D eigenvalue weighted by atomic mass is 9.51. The van der Waals surface area contributed by atoms with E-state index in [0.29, 0.717) is 36.0 Å². The third-order valence-electron chi connectivity index (χ3n) is 11.0. The third kappa shape index (κ3) is 4.74. The number of ether oxygens (including phenoxy) is 1. The quantitative estimate of drug-likeness (QED) is 0.295. The van der Waals surface area contributed by atoms with Crippen molar-refractivity contribution in [3.63, 3.8) is 0 Å². The lowest BCUT2D eigenvalue weighted by Gasteiger charge is -2.51. The summed E-state index contributed by atoms with van der Waals surface area (Å²) in [5.41, 5.74) is 1.28. The molecular weight excluding hydrogens is 603 g/mol. The number of ketones is 1. The predicted octanol–water partition coefficient (Wildman–Crippen LogP) is 6.77. The van der Waals surface area contributed by atoms with Crippen LogP contribution in [0.4, 0.5) is 5.69 Å². The lowest BCUT2D eigenvalue weighted by molar-refractivity contribution is -0.127. The standard InChI is InChI=1S/C33H36Cl2N4O5/c1-31(2)8-10-32(11-9-31)16-21(24(40)13-18-3-6-25(43-17-18)28-38-39-30(42)44-28)27(19-7-12-36-26(35)14-19)33(32)22-5-4-20(34)15-23(22)37-29(33)41/h4-5,7,12,14-15,18,21,25,27H,3,6,8-11,13,16-17H2,1-2H3,(H,37,41)(H,39,42)/t18-,21-,25-,27-,33+/m0/s1. The van der Waals surface area contributed by atoms with Crippen molar-refractivity contribution in [1.29, 1.82) is 0 Å². The molecule has 1 amide bonds. The van der Waals surface area contributed by atoms with Gasteiger partial charge in [-0.2, -0.15) is 0 Å². The molecule has 2 N–H and O–H groups in total. The van der Waals surface area contributed by atoms with E-state index in [9.17, 15) is 14.4 Å². The molecule has 1 aromatic carbocycles. The number of carbonyl (C=O) groups is 2. The summed E-state index contributed by atoms with van der Waals surface area (Å²) in [5, 5.41) is 10.3. The van der Waals surface area contributed by atoms with Gasteiger partial charge in [-0.1, -0.05) is 43.1 Å². The van der Waals surface area contributed by atoms with Crippen LogP contribution >= 0.6 is 23.2 Å². The van der Waals surface area contributed by atoms with Gasteiger partial charge in [0.25, 0.3) is 0 Å². The number of H-pyrrole nitrogens is 1. The molecule has 11 heteroatoms. The first-order chi connectivity index (χ1) is 21.0. The Kier molecular flexibility index (Phi) is 7.29. The number of amides is 1. The van der Waals surface area contributed by atoms with E-state index in [1.807, 2.05) is 30.3 Å². The first-order valence-corrected chi connectivity index (χ1v) is 16.2. The molecule has 3 fully saturated rings. The Morgan fingerprint density at radius 3 is 2.55 bits per heavy atom. The number of halogens is 2. The van der Waals surface area contributed by atoms with Gasteiger partial charge in [-0.3, -0.25) is 9.59 Å². The van der Waals surface area contributed by atoms with Crippen molar-refractivity contribution in [1.82, 2.24) is 15.2 Å². The molecule has 0 bridgehead atoms. The number of nitrogens with one attached hydrogen (secondary N) is 2. The molecular formula is C33H36Cl2N4O5. The number of carbonyl (C=O) groups excluding carboxylic acids is 2. The molecule has 0 radical (unpaired) electrons. The number of fused-ring (bicyclic) bond motifs is 3. The van der Waals surface area contributed by atoms with Crippen molar-refractivity contribution >= 4 is 40.6 Å². The second-order valence-electron chi connectivity index (χ2n) is 14.0. The van der Waals surface area contributed by atoms with Crippen molar-refractivity contribution in [2.24, 2.45) is 22.7 Å². The molecule has 5 atom stereocenters. The summed E-state index contributed by atoms with van der Waals surface area (Å²) in [6, 6.07) is 9.41. The van der Waals surface area contributed by atoms with Gasteiger partial charge in [0.2, 0.25) is 11.8 Å². The number of nitrogens with zero attached hydrogens (tertiary/aromatic N) is 2. The molecule has 2 aliphatic carbocycles. The minimum Gasteiger partial charge on any atom is -0.390 e. The third-order valence-corrected chi connectivity index (χ3v) is 11.4. The number of hydrogen-bond acceptors (Lipinski definition) is 7. The molecule has 2 saturated carbocycles. The molecule has 0 unspecified atom stereocenters. The minimum absolute atomic E-state index is 0.00683. The van der Waals surface area contributed by atoms with Gasteiger partial charge in [0.1, 0.15) is 17.0 Å². The van der Waals surface area contributed by atoms with Crippen LogP contribution in [0, 0.1) is 22.7 Å². The molecule has 3 aromatic rings. The molecule has 232 valence electrons. The maximum atomic E-state index is 14.6. The summed E-state index contributed by atoms with van der Waals surface area (Å²) in [4.78, 5) is 44.8. The highest BCUT2D eigenvalue weighted by Crippen LogP contribution is 2.72. The van der Waals surface area contributed by atoms with Gasteiger partial charge in [-0.15, -0.1) is 5.10 Å². The predicted molar refractivity (Wildman–Crippen MR) is 165 cm³/mol. The fourth-order valence-corrected chi connectivity index (χ4v) is 9.20. The van der Waals surface area contributed by atoms with E-state index < -0.39 is 34.5 Å². The monoisotopic (exact) mass is 638 g/mol. The van der Waals surface area contributed by atoms with Gasteiger partial charge in [0.05, 0.1) is 12.0 Å². The van der Waals surface area contributed by atoms with Crippen LogP contribution in [0.25, 0.3) is 0 Å². The van der Waals surface area contributed by atoms with Crippen LogP contribution in [0.2, 0.25) is 10.2 Å². The van der Waals surface area contributed by atoms with Crippen molar-refractivity contribution in [2.75, 3.05) is 11.9 Å². The molecule has 4 heterocycles. The van der Waals surface area contributed by atoms with Crippen molar-refractivity contribution in [2.45, 2.75) is 82.7 Å². The molecule has 4 aliphatic rings. The minimum atomic E-state index is -0.958. The van der Waals surface area contributed by atoms with Crippen LogP contribution in [0.5, 0.6) is 0 Å². The number of anilines is 1. The first kappa shape index (κ1) is 29.7. The Labute approximate surface area is 265 Å². The molecule has 7 rings (SSSR count). The Morgan fingerprint density at radius 1 is 1.07 bits per heavy atom. The number of pyridine rings is 1. The average Bonchev–Trinajstić information content (AvgIpc) is 3.64. The zero-order valence-electron chi connectivity index (χ0n) is 24.8. The molecule has 2 spiro atoms. The number of aromatic nitrogens is 3. The SMILES string of the molecule is CC1(C)CCC2(CC1)C[C@@H](C(=O)C[C@@H]1CC[C@@H](c3n[nH]c(=O)o3)OC1)[C@H](c1ccnc(Cl)c1)[C@]21C(=O)Nc2cc(Cl)ccc21. The van der Waals surface area contributed by atoms with Crippen molar-refractivity contribution in [3.05, 3.63) is 74.3 Å². The normalized spacial score (nSPS) is 30.4. The second-order valence-corrected chi connectivity index (χ2v) is 14.8. The average molecular weight is 640 g/mol. The highest BCUT2D eigenvalue weighted by atomic mass is 35.5. The number of benzene rings is 1. The second kappa shape index (κ2) is 10.8. The number of hydrogen-bond donors (Lipinski definition) is 2. The van der Waals surface area contributed by atoms with E-state index in [4.69, 9.17) is 32.4 Å². The van der Waals surface area contributed by atoms with Crippen LogP contribution in [0.15, 0.2) is 45.7 Å². The van der Waals surface area contributed by atoms with E-state index in [-0.39, 0.29) is 28.9 Å². The van der Waals surface area contributed by atoms with Gasteiger partial charge in [0, 0.05) is 35.2 Å². The maximum absolute atomic E-state index is 14.6. The van der Waals surface area contributed by atoms with Crippen LogP contribution < -0.4 is 11.1 Å². The Hall–Kier alpha value is -3.01. The van der Waals surface area contributed by atoms with Gasteiger partial charge in [-0.25, -0.2) is 14.9 Å². The van der Waals surface area contributed by atoms with Crippen LogP contribution in [0.3, 0.4) is 0 Å². The number of Topliss-reactive ketones (excluding diaryl/α,β-unsaturated/α-hetero) is 1. The van der Waals surface area contributed by atoms with E-state index >= 15 is 0 Å². The lowest BCUT2D eigenvalue weighted by Crippen LogP contribution is -2.52. The molecule has 9 nitrogen and oxygen atoms in total.